The molecule has 0 saturated carbocycles. The van der Waals surface area contributed by atoms with E-state index >= 15 is 0 Å². The summed E-state index contributed by atoms with van der Waals surface area (Å²) in [5.74, 6) is 4.22. The van der Waals surface area contributed by atoms with Crippen LogP contribution in [0.2, 0.25) is 0 Å². The number of nitrogen functional groups attached to an aromatic ring is 1. The average molecular weight is 233 g/mol. The number of aromatic nitrogens is 1. The van der Waals surface area contributed by atoms with Crippen LogP contribution in [0.3, 0.4) is 0 Å². The van der Waals surface area contributed by atoms with Crippen LogP contribution in [0.4, 0.5) is 0 Å². The normalized spacial score (nSPS) is 10.2. The fourth-order valence-electron chi connectivity index (χ4n) is 1.60. The van der Waals surface area contributed by atoms with E-state index in [-0.39, 0.29) is 17.2 Å². The van der Waals surface area contributed by atoms with Crippen LogP contribution in [-0.2, 0) is 0 Å². The Morgan fingerprint density at radius 3 is 2.82 bits per heavy atom. The smallest absolute Gasteiger partial charge is 0.287 e. The van der Waals surface area contributed by atoms with Crippen molar-refractivity contribution in [1.82, 2.24) is 10.4 Å². The van der Waals surface area contributed by atoms with Gasteiger partial charge < -0.3 is 9.84 Å². The zero-order valence-electron chi connectivity index (χ0n) is 9.10. The molecule has 1 aromatic heterocycles. The number of nitrogens with two attached hydrogens (primary N) is 1. The number of carbonyl (C=O) groups excluding carboxylic acids is 1. The summed E-state index contributed by atoms with van der Waals surface area (Å²) >= 11 is 0. The van der Waals surface area contributed by atoms with E-state index in [1.807, 2.05) is 5.43 Å². The summed E-state index contributed by atoms with van der Waals surface area (Å²) in [6.45, 7) is 0. The number of hydrogen-bond donors (Lipinski definition) is 3. The maximum atomic E-state index is 11.4. The van der Waals surface area contributed by atoms with Gasteiger partial charge in [-0.15, -0.1) is 0 Å². The van der Waals surface area contributed by atoms with Gasteiger partial charge in [0.1, 0.15) is 0 Å². The number of methoxy groups -OCH3 is 1. The van der Waals surface area contributed by atoms with E-state index in [4.69, 9.17) is 10.6 Å². The Bertz CT molecular complexity index is 583. The van der Waals surface area contributed by atoms with Crippen molar-refractivity contribution in [2.75, 3.05) is 7.11 Å². The van der Waals surface area contributed by atoms with E-state index in [1.54, 1.807) is 24.3 Å². The zero-order chi connectivity index (χ0) is 12.4. The topological polar surface area (TPSA) is 97.5 Å². The molecule has 0 aliphatic heterocycles. The molecule has 0 unspecified atom stereocenters. The molecule has 6 heteroatoms. The number of pyridine rings is 1. The molecule has 1 heterocycles. The fourth-order valence-corrected chi connectivity index (χ4v) is 1.60. The molecule has 0 atom stereocenters. The first kappa shape index (κ1) is 11.2. The van der Waals surface area contributed by atoms with E-state index in [0.717, 1.165) is 0 Å². The van der Waals surface area contributed by atoms with Gasteiger partial charge in [0.15, 0.2) is 17.2 Å². The number of benzene rings is 1. The molecule has 17 heavy (non-hydrogen) atoms. The van der Waals surface area contributed by atoms with Gasteiger partial charge in [0, 0.05) is 5.39 Å². The van der Waals surface area contributed by atoms with Crippen molar-refractivity contribution in [1.29, 1.82) is 0 Å². The Kier molecular flexibility index (Phi) is 2.80. The van der Waals surface area contributed by atoms with Crippen LogP contribution in [0.15, 0.2) is 24.3 Å². The third kappa shape index (κ3) is 1.74. The molecule has 6 nitrogen and oxygen atoms in total. The fraction of sp³-hybridized carbons (Fsp3) is 0.0909. The molecule has 0 aliphatic rings. The van der Waals surface area contributed by atoms with Gasteiger partial charge in [-0.1, -0.05) is 12.1 Å². The summed E-state index contributed by atoms with van der Waals surface area (Å²) in [7, 11) is 1.41. The summed E-state index contributed by atoms with van der Waals surface area (Å²) in [6, 6.07) is 7.01. The van der Waals surface area contributed by atoms with E-state index in [1.165, 1.54) is 7.11 Å². The van der Waals surface area contributed by atoms with Crippen LogP contribution in [0.1, 0.15) is 10.5 Å². The number of hydrazine groups is 1. The van der Waals surface area contributed by atoms with Gasteiger partial charge in [-0.05, 0) is 12.1 Å². The molecule has 2 rings (SSSR count). The number of aromatic hydroxyl groups is 1. The molecule has 2 aromatic rings. The van der Waals surface area contributed by atoms with Crippen LogP contribution in [0.5, 0.6) is 11.5 Å². The Hall–Kier alpha value is -2.34. The van der Waals surface area contributed by atoms with Gasteiger partial charge >= 0.3 is 0 Å². The lowest BCUT2D eigenvalue weighted by Gasteiger charge is -2.10. The lowest BCUT2D eigenvalue weighted by atomic mass is 10.1. The number of amides is 1. The van der Waals surface area contributed by atoms with E-state index in [0.29, 0.717) is 10.9 Å². The van der Waals surface area contributed by atoms with Crippen molar-refractivity contribution in [3.8, 4) is 11.5 Å². The molecule has 0 bridgehead atoms. The number of fused-ring (bicyclic) bond motifs is 1. The predicted octanol–water partition coefficient (Wildman–Crippen LogP) is 0.552. The Balaban J connectivity index is 2.80. The Morgan fingerprint density at radius 2 is 2.18 bits per heavy atom. The Morgan fingerprint density at radius 1 is 1.47 bits per heavy atom. The van der Waals surface area contributed by atoms with Gasteiger partial charge in [0.25, 0.3) is 5.91 Å². The molecule has 0 fully saturated rings. The van der Waals surface area contributed by atoms with E-state index in [9.17, 15) is 9.90 Å². The molecule has 1 aromatic carbocycles. The van der Waals surface area contributed by atoms with Crippen molar-refractivity contribution in [3.05, 3.63) is 30.0 Å². The maximum absolute atomic E-state index is 11.4. The van der Waals surface area contributed by atoms with Crippen molar-refractivity contribution in [2.45, 2.75) is 0 Å². The van der Waals surface area contributed by atoms with Gasteiger partial charge in [-0.25, -0.2) is 10.8 Å². The summed E-state index contributed by atoms with van der Waals surface area (Å²) in [4.78, 5) is 15.5. The summed E-state index contributed by atoms with van der Waals surface area (Å²) in [5.41, 5.74) is 2.30. The maximum Gasteiger partial charge on any atom is 0.287 e. The minimum absolute atomic E-state index is 0.164. The number of nitrogens with one attached hydrogen (secondary N) is 1. The molecule has 0 aliphatic carbocycles. The minimum atomic E-state index is -0.674. The van der Waals surface area contributed by atoms with E-state index in [2.05, 4.69) is 4.98 Å². The number of rotatable bonds is 2. The summed E-state index contributed by atoms with van der Waals surface area (Å²) < 4.78 is 5.08. The molecule has 1 amide bonds. The van der Waals surface area contributed by atoms with Crippen LogP contribution in [0.25, 0.3) is 10.9 Å². The van der Waals surface area contributed by atoms with Crippen LogP contribution in [-0.4, -0.2) is 23.1 Å². The minimum Gasteiger partial charge on any atom is -0.503 e. The third-order valence-corrected chi connectivity index (χ3v) is 2.37. The lowest BCUT2D eigenvalue weighted by molar-refractivity contribution is 0.0945. The Labute approximate surface area is 97.0 Å². The number of para-hydroxylation sites is 1. The second-order valence-electron chi connectivity index (χ2n) is 3.33. The quantitative estimate of drug-likeness (QED) is 0.400. The molecule has 0 spiro atoms. The van der Waals surface area contributed by atoms with Gasteiger partial charge in [0.2, 0.25) is 0 Å². The number of hydrogen-bond acceptors (Lipinski definition) is 5. The largest absolute Gasteiger partial charge is 0.503 e. The van der Waals surface area contributed by atoms with Crippen molar-refractivity contribution < 1.29 is 14.6 Å². The van der Waals surface area contributed by atoms with Crippen molar-refractivity contribution in [2.24, 2.45) is 5.84 Å². The highest BCUT2D eigenvalue weighted by Crippen LogP contribution is 2.35. The van der Waals surface area contributed by atoms with Crippen molar-refractivity contribution in [3.63, 3.8) is 0 Å². The summed E-state index contributed by atoms with van der Waals surface area (Å²) in [5, 5.41) is 10.5. The molecule has 88 valence electrons. The van der Waals surface area contributed by atoms with Crippen LogP contribution < -0.4 is 16.0 Å². The van der Waals surface area contributed by atoms with Crippen LogP contribution in [0, 0.1) is 0 Å². The molecular formula is C11H11N3O3. The highest BCUT2D eigenvalue weighted by atomic mass is 16.5. The lowest BCUT2D eigenvalue weighted by Crippen LogP contribution is -2.30. The zero-order valence-corrected chi connectivity index (χ0v) is 9.10. The number of ether oxygens (including phenoxy) is 1. The molecule has 0 radical (unpaired) electrons. The highest BCUT2D eigenvalue weighted by molar-refractivity contribution is 6.00. The first-order chi connectivity index (χ1) is 8.19. The number of nitrogens with zero attached hydrogens (tertiary/aromatic N) is 1. The third-order valence-electron chi connectivity index (χ3n) is 2.37. The average Bonchev–Trinajstić information content (AvgIpc) is 2.37. The van der Waals surface area contributed by atoms with Crippen LogP contribution >= 0.6 is 0 Å². The predicted molar refractivity (Wildman–Crippen MR) is 61.6 cm³/mol. The standard InChI is InChI=1S/C11H11N3O3/c1-17-10-6-4-2-3-5-7(6)13-8(9(10)15)11(16)14-12/h2-5,15H,12H2,1H3,(H,14,16). The van der Waals surface area contributed by atoms with Gasteiger partial charge in [-0.3, -0.25) is 10.2 Å². The first-order valence-electron chi connectivity index (χ1n) is 4.85. The molecule has 4 N–H and O–H groups in total. The van der Waals surface area contributed by atoms with Gasteiger partial charge in [0.05, 0.1) is 12.6 Å². The first-order valence-corrected chi connectivity index (χ1v) is 4.85. The van der Waals surface area contributed by atoms with Gasteiger partial charge in [-0.2, -0.15) is 0 Å². The molecule has 0 saturated heterocycles. The SMILES string of the molecule is COc1c(O)c(C(=O)NN)nc2ccccc12. The number of carbonyl (C=O) groups is 1. The highest BCUT2D eigenvalue weighted by Gasteiger charge is 2.19. The van der Waals surface area contributed by atoms with Crippen molar-refractivity contribution >= 4 is 16.8 Å². The second kappa shape index (κ2) is 4.26. The van der Waals surface area contributed by atoms with E-state index < -0.39 is 5.91 Å². The second-order valence-corrected chi connectivity index (χ2v) is 3.33. The molecular weight excluding hydrogens is 222 g/mol. The monoisotopic (exact) mass is 233 g/mol. The summed E-state index contributed by atoms with van der Waals surface area (Å²) in [6.07, 6.45) is 0.